The van der Waals surface area contributed by atoms with Crippen molar-refractivity contribution in [2.75, 3.05) is 23.8 Å². The molecule has 144 valence electrons. The van der Waals surface area contributed by atoms with E-state index in [0.717, 1.165) is 16.9 Å². The first-order valence-electron chi connectivity index (χ1n) is 8.37. The Balaban J connectivity index is 1.51. The van der Waals surface area contributed by atoms with E-state index in [9.17, 15) is 9.59 Å². The largest absolute Gasteiger partial charge is 0.486 e. The molecule has 7 nitrogen and oxygen atoms in total. The second kappa shape index (κ2) is 7.57. The molecular formula is C19H15ClN2O5S. The molecule has 0 saturated carbocycles. The summed E-state index contributed by atoms with van der Waals surface area (Å²) < 4.78 is 16.1. The molecule has 1 aliphatic heterocycles. The third-order valence-electron chi connectivity index (χ3n) is 3.99. The summed E-state index contributed by atoms with van der Waals surface area (Å²) in [4.78, 5) is 25.3. The number of aryl methyl sites for hydroxylation is 1. The summed E-state index contributed by atoms with van der Waals surface area (Å²) >= 11 is 7.41. The summed E-state index contributed by atoms with van der Waals surface area (Å²) in [7, 11) is 0. The van der Waals surface area contributed by atoms with Crippen molar-refractivity contribution in [1.82, 2.24) is 0 Å². The SMILES string of the molecule is Cc1cc(NC(=O)c2ccco2)sc1C(=O)Nc1cc2c(cc1Cl)OCCO2. The van der Waals surface area contributed by atoms with Crippen molar-refractivity contribution in [1.29, 1.82) is 0 Å². The van der Waals surface area contributed by atoms with E-state index in [2.05, 4.69) is 10.6 Å². The summed E-state index contributed by atoms with van der Waals surface area (Å²) in [5, 5.41) is 6.39. The number of fused-ring (bicyclic) bond motifs is 1. The van der Waals surface area contributed by atoms with Crippen LogP contribution in [0, 0.1) is 6.92 Å². The van der Waals surface area contributed by atoms with Crippen molar-refractivity contribution in [3.63, 3.8) is 0 Å². The standard InChI is InChI=1S/C19H15ClN2O5S/c1-10-7-16(22-18(23)13-3-2-4-25-13)28-17(10)19(24)21-12-9-15-14(8-11(12)20)26-5-6-27-15/h2-4,7-9H,5-6H2,1H3,(H,21,24)(H,22,23). The van der Waals surface area contributed by atoms with Crippen LogP contribution in [0.3, 0.4) is 0 Å². The van der Waals surface area contributed by atoms with E-state index < -0.39 is 0 Å². The first kappa shape index (κ1) is 18.4. The maximum Gasteiger partial charge on any atom is 0.291 e. The van der Waals surface area contributed by atoms with Gasteiger partial charge in [0.2, 0.25) is 0 Å². The van der Waals surface area contributed by atoms with Crippen LogP contribution in [-0.2, 0) is 0 Å². The first-order valence-corrected chi connectivity index (χ1v) is 9.56. The van der Waals surface area contributed by atoms with Crippen molar-refractivity contribution in [3.8, 4) is 11.5 Å². The van der Waals surface area contributed by atoms with Crippen LogP contribution in [0.1, 0.15) is 25.8 Å². The number of halogens is 1. The molecule has 0 aliphatic carbocycles. The Morgan fingerprint density at radius 3 is 2.54 bits per heavy atom. The molecular weight excluding hydrogens is 404 g/mol. The summed E-state index contributed by atoms with van der Waals surface area (Å²) in [5.74, 6) is 0.553. The second-order valence-corrected chi connectivity index (χ2v) is 7.44. The van der Waals surface area contributed by atoms with Crippen molar-refractivity contribution in [2.45, 2.75) is 6.92 Å². The topological polar surface area (TPSA) is 89.8 Å². The summed E-state index contributed by atoms with van der Waals surface area (Å²) in [5.41, 5.74) is 1.15. The van der Waals surface area contributed by atoms with Gasteiger partial charge in [-0.3, -0.25) is 9.59 Å². The quantitative estimate of drug-likeness (QED) is 0.647. The highest BCUT2D eigenvalue weighted by molar-refractivity contribution is 7.18. The van der Waals surface area contributed by atoms with E-state index in [1.807, 2.05) is 0 Å². The van der Waals surface area contributed by atoms with Gasteiger partial charge in [-0.15, -0.1) is 11.3 Å². The Morgan fingerprint density at radius 1 is 1.07 bits per heavy atom. The summed E-state index contributed by atoms with van der Waals surface area (Å²) in [6.07, 6.45) is 1.42. The molecule has 0 fully saturated rings. The molecule has 2 N–H and O–H groups in total. The van der Waals surface area contributed by atoms with Gasteiger partial charge in [0, 0.05) is 12.1 Å². The number of anilines is 2. The van der Waals surface area contributed by atoms with E-state index in [4.69, 9.17) is 25.5 Å². The molecule has 2 aromatic heterocycles. The van der Waals surface area contributed by atoms with Gasteiger partial charge in [0.05, 0.1) is 26.9 Å². The lowest BCUT2D eigenvalue weighted by Crippen LogP contribution is -2.16. The van der Waals surface area contributed by atoms with Crippen molar-refractivity contribution < 1.29 is 23.5 Å². The first-order chi connectivity index (χ1) is 13.5. The molecule has 28 heavy (non-hydrogen) atoms. The average molecular weight is 419 g/mol. The minimum Gasteiger partial charge on any atom is -0.486 e. The lowest BCUT2D eigenvalue weighted by atomic mass is 10.2. The minimum atomic E-state index is -0.381. The van der Waals surface area contributed by atoms with Gasteiger partial charge in [-0.2, -0.15) is 0 Å². The van der Waals surface area contributed by atoms with E-state index >= 15 is 0 Å². The molecule has 0 saturated heterocycles. The predicted molar refractivity (Wildman–Crippen MR) is 106 cm³/mol. The number of carbonyl (C=O) groups excluding carboxylic acids is 2. The van der Waals surface area contributed by atoms with Gasteiger partial charge in [0.25, 0.3) is 11.8 Å². The van der Waals surface area contributed by atoms with Crippen molar-refractivity contribution in [3.05, 3.63) is 57.8 Å². The molecule has 1 aliphatic rings. The molecule has 4 rings (SSSR count). The van der Waals surface area contributed by atoms with E-state index in [0.29, 0.717) is 45.3 Å². The molecule has 0 radical (unpaired) electrons. The van der Waals surface area contributed by atoms with Crippen LogP contribution in [0.2, 0.25) is 5.02 Å². The zero-order valence-electron chi connectivity index (χ0n) is 14.7. The van der Waals surface area contributed by atoms with E-state index in [-0.39, 0.29) is 17.6 Å². The molecule has 0 bridgehead atoms. The third-order valence-corrected chi connectivity index (χ3v) is 5.45. The minimum absolute atomic E-state index is 0.195. The highest BCUT2D eigenvalue weighted by atomic mass is 35.5. The third kappa shape index (κ3) is 3.69. The van der Waals surface area contributed by atoms with Gasteiger partial charge in [-0.1, -0.05) is 11.6 Å². The van der Waals surface area contributed by atoms with Crippen LogP contribution in [-0.4, -0.2) is 25.0 Å². The second-order valence-electron chi connectivity index (χ2n) is 5.98. The number of thiophene rings is 1. The Labute approximate surface area is 169 Å². The van der Waals surface area contributed by atoms with Gasteiger partial charge >= 0.3 is 0 Å². The number of carbonyl (C=O) groups is 2. The number of benzene rings is 1. The highest BCUT2D eigenvalue weighted by Gasteiger charge is 2.20. The number of rotatable bonds is 4. The van der Waals surface area contributed by atoms with Gasteiger partial charge in [-0.05, 0) is 30.7 Å². The Morgan fingerprint density at radius 2 is 1.82 bits per heavy atom. The molecule has 3 heterocycles. The number of ether oxygens (including phenoxy) is 2. The van der Waals surface area contributed by atoms with Crippen LogP contribution in [0.15, 0.2) is 41.0 Å². The molecule has 0 atom stereocenters. The van der Waals surface area contributed by atoms with Crippen LogP contribution in [0.4, 0.5) is 10.7 Å². The normalized spacial score (nSPS) is 12.5. The Bertz CT molecular complexity index is 1050. The zero-order chi connectivity index (χ0) is 19.7. The average Bonchev–Trinajstić information content (AvgIpc) is 3.32. The maximum absolute atomic E-state index is 12.7. The fourth-order valence-corrected chi connectivity index (χ4v) is 3.85. The number of amides is 2. The number of hydrogen-bond donors (Lipinski definition) is 2. The predicted octanol–water partition coefficient (Wildman–Crippen LogP) is 4.58. The highest BCUT2D eigenvalue weighted by Crippen LogP contribution is 2.38. The Hall–Kier alpha value is -2.97. The Kier molecular flexibility index (Phi) is 4.97. The van der Waals surface area contributed by atoms with Crippen molar-refractivity contribution in [2.24, 2.45) is 0 Å². The van der Waals surface area contributed by atoms with Crippen molar-refractivity contribution >= 4 is 45.4 Å². The fourth-order valence-electron chi connectivity index (χ4n) is 2.69. The van der Waals surface area contributed by atoms with Crippen LogP contribution >= 0.6 is 22.9 Å². The summed E-state index contributed by atoms with van der Waals surface area (Å²) in [6, 6.07) is 8.17. The van der Waals surface area contributed by atoms with Crippen LogP contribution in [0.25, 0.3) is 0 Å². The molecule has 2 amide bonds. The molecule has 0 spiro atoms. The monoisotopic (exact) mass is 418 g/mol. The number of furan rings is 1. The number of hydrogen-bond acceptors (Lipinski definition) is 6. The lowest BCUT2D eigenvalue weighted by molar-refractivity contribution is 0.0995. The summed E-state index contributed by atoms with van der Waals surface area (Å²) in [6.45, 7) is 2.68. The zero-order valence-corrected chi connectivity index (χ0v) is 16.3. The smallest absolute Gasteiger partial charge is 0.291 e. The van der Waals surface area contributed by atoms with Crippen LogP contribution in [0.5, 0.6) is 11.5 Å². The van der Waals surface area contributed by atoms with Crippen LogP contribution < -0.4 is 20.1 Å². The van der Waals surface area contributed by atoms with Gasteiger partial charge in [-0.25, -0.2) is 0 Å². The molecule has 3 aromatic rings. The van der Waals surface area contributed by atoms with E-state index in [1.54, 1.807) is 37.3 Å². The van der Waals surface area contributed by atoms with Gasteiger partial charge < -0.3 is 24.5 Å². The fraction of sp³-hybridized carbons (Fsp3) is 0.158. The lowest BCUT2D eigenvalue weighted by Gasteiger charge is -2.20. The molecule has 9 heteroatoms. The molecule has 0 unspecified atom stereocenters. The maximum atomic E-state index is 12.7. The van der Waals surface area contributed by atoms with Gasteiger partial charge in [0.1, 0.15) is 13.2 Å². The van der Waals surface area contributed by atoms with E-state index in [1.165, 1.54) is 6.26 Å². The number of nitrogens with one attached hydrogen (secondary N) is 2. The molecule has 1 aromatic carbocycles. The van der Waals surface area contributed by atoms with Gasteiger partial charge in [0.15, 0.2) is 17.3 Å².